The molecule has 116 valence electrons. The molecule has 6 heteroatoms. The van der Waals surface area contributed by atoms with Crippen molar-refractivity contribution >= 4 is 12.1 Å². The number of β-amino-alcohol motifs (C(OH)–C–C–N with tert-alkyl or cyclic N) is 1. The molecule has 0 aliphatic carbocycles. The molecule has 20 heavy (non-hydrogen) atoms. The number of hydrogen-bond acceptors (Lipinski definition) is 5. The van der Waals surface area contributed by atoms with Crippen LogP contribution in [0.4, 0.5) is 4.79 Å². The molecule has 1 fully saturated rings. The Labute approximate surface area is 124 Å². The molecule has 0 aromatic carbocycles. The fourth-order valence-corrected chi connectivity index (χ4v) is 1.57. The number of hydrogen-bond donors (Lipinski definition) is 1. The number of esters is 1. The highest BCUT2D eigenvalue weighted by molar-refractivity contribution is 5.82. The quantitative estimate of drug-likeness (QED) is 0.744. The summed E-state index contributed by atoms with van der Waals surface area (Å²) in [6.45, 7) is 8.94. The third-order valence-electron chi connectivity index (χ3n) is 2.19. The van der Waals surface area contributed by atoms with Gasteiger partial charge in [0.2, 0.25) is 0 Å². The Morgan fingerprint density at radius 1 is 1.20 bits per heavy atom. The summed E-state index contributed by atoms with van der Waals surface area (Å²) in [5.74, 6) is -1.03. The highest BCUT2D eigenvalue weighted by Crippen LogP contribution is 2.24. The fraction of sp³-hybridized carbons (Fsp3) is 0.857. The topological polar surface area (TPSA) is 76.1 Å². The lowest BCUT2D eigenvalue weighted by Crippen LogP contribution is -2.45. The van der Waals surface area contributed by atoms with E-state index in [1.807, 2.05) is 0 Å². The second-order valence-corrected chi connectivity index (χ2v) is 6.64. The van der Waals surface area contributed by atoms with Gasteiger partial charge >= 0.3 is 12.1 Å². The highest BCUT2D eigenvalue weighted by Gasteiger charge is 2.42. The molecule has 1 N–H and O–H groups in total. The van der Waals surface area contributed by atoms with Crippen molar-refractivity contribution in [2.75, 3.05) is 6.54 Å². The molecule has 0 aromatic heterocycles. The average Bonchev–Trinajstić information content (AvgIpc) is 2.40. The number of ether oxygens (including phenoxy) is 2. The highest BCUT2D eigenvalue weighted by atomic mass is 16.6. The van der Waals surface area contributed by atoms with Crippen LogP contribution in [0.2, 0.25) is 0 Å². The minimum Gasteiger partial charge on any atom is -0.458 e. The summed E-state index contributed by atoms with van der Waals surface area (Å²) in [4.78, 5) is 25.3. The summed E-state index contributed by atoms with van der Waals surface area (Å²) in [5.41, 5.74) is -1.78. The van der Waals surface area contributed by atoms with E-state index in [1.165, 1.54) is 0 Å². The molecule has 0 spiro atoms. The standard InChI is InChI=1S/C14H25NO5/c1-13(2,3)19-11(17)10-7-9(16)8-15(10)12(18)20-14(4,5)6/h9-10,16H,7-8H2,1-6H3/t9?,10-/m0/s1/i7D2,9D. The fourth-order valence-electron chi connectivity index (χ4n) is 1.57. The van der Waals surface area contributed by atoms with Crippen LogP contribution in [0.3, 0.4) is 0 Å². The van der Waals surface area contributed by atoms with Crippen molar-refractivity contribution in [3.05, 3.63) is 0 Å². The van der Waals surface area contributed by atoms with Gasteiger partial charge in [0.05, 0.1) is 14.0 Å². The molecule has 6 nitrogen and oxygen atoms in total. The minimum absolute atomic E-state index is 0.696. The maximum atomic E-state index is 12.3. The number of rotatable bonds is 1. The Kier molecular flexibility index (Phi) is 3.48. The maximum Gasteiger partial charge on any atom is 0.411 e. The van der Waals surface area contributed by atoms with Crippen molar-refractivity contribution in [3.63, 3.8) is 0 Å². The molecule has 1 aliphatic heterocycles. The van der Waals surface area contributed by atoms with E-state index in [0.29, 0.717) is 4.90 Å². The molecular formula is C14H25NO5. The average molecular weight is 290 g/mol. The van der Waals surface area contributed by atoms with E-state index < -0.39 is 48.3 Å². The smallest absolute Gasteiger partial charge is 0.411 e. The van der Waals surface area contributed by atoms with E-state index in [-0.39, 0.29) is 0 Å². The molecule has 0 saturated carbocycles. The Morgan fingerprint density at radius 3 is 2.15 bits per heavy atom. The Morgan fingerprint density at radius 2 is 1.70 bits per heavy atom. The Balaban J connectivity index is 3.17. The molecular weight excluding hydrogens is 262 g/mol. The monoisotopic (exact) mass is 290 g/mol. The number of carbonyl (C=O) groups is 2. The van der Waals surface area contributed by atoms with Gasteiger partial charge in [-0.05, 0) is 41.5 Å². The van der Waals surface area contributed by atoms with Crippen LogP contribution in [0.15, 0.2) is 0 Å². The lowest BCUT2D eigenvalue weighted by Gasteiger charge is -2.29. The van der Waals surface area contributed by atoms with E-state index in [0.717, 1.165) is 0 Å². The molecule has 1 amide bonds. The molecule has 0 radical (unpaired) electrons. The minimum atomic E-state index is -2.70. The van der Waals surface area contributed by atoms with Gasteiger partial charge in [0.15, 0.2) is 0 Å². The van der Waals surface area contributed by atoms with Crippen molar-refractivity contribution in [2.45, 2.75) is 71.2 Å². The number of amides is 1. The van der Waals surface area contributed by atoms with E-state index >= 15 is 0 Å². The molecule has 2 atom stereocenters. The van der Waals surface area contributed by atoms with Gasteiger partial charge in [0.25, 0.3) is 0 Å². The van der Waals surface area contributed by atoms with Crippen LogP contribution in [0, 0.1) is 0 Å². The molecule has 0 aromatic rings. The first-order valence-electron chi connectivity index (χ1n) is 7.93. The van der Waals surface area contributed by atoms with E-state index in [1.54, 1.807) is 41.5 Å². The first kappa shape index (κ1) is 12.4. The number of likely N-dealkylation sites (tertiary alicyclic amines) is 1. The van der Waals surface area contributed by atoms with Crippen LogP contribution in [-0.2, 0) is 14.3 Å². The lowest BCUT2D eigenvalue weighted by atomic mass is 10.1. The van der Waals surface area contributed by atoms with Crippen LogP contribution in [0.5, 0.6) is 0 Å². The molecule has 1 aliphatic rings. The summed E-state index contributed by atoms with van der Waals surface area (Å²) >= 11 is 0. The zero-order chi connectivity index (χ0) is 18.4. The molecule has 1 saturated heterocycles. The van der Waals surface area contributed by atoms with Gasteiger partial charge in [-0.15, -0.1) is 0 Å². The van der Waals surface area contributed by atoms with E-state index in [4.69, 9.17) is 13.6 Å². The van der Waals surface area contributed by atoms with Crippen LogP contribution in [-0.4, -0.2) is 51.9 Å². The first-order valence-corrected chi connectivity index (χ1v) is 6.43. The van der Waals surface area contributed by atoms with Gasteiger partial charge in [0, 0.05) is 9.11 Å². The van der Waals surface area contributed by atoms with Crippen molar-refractivity contribution in [1.29, 1.82) is 0 Å². The molecule has 0 bridgehead atoms. The summed E-state index contributed by atoms with van der Waals surface area (Å²) in [5, 5.41) is 9.99. The van der Waals surface area contributed by atoms with Gasteiger partial charge in [-0.2, -0.15) is 0 Å². The summed E-state index contributed by atoms with van der Waals surface area (Å²) < 4.78 is 33.8. The maximum absolute atomic E-state index is 12.3. The Bertz CT molecular complexity index is 494. The van der Waals surface area contributed by atoms with Crippen LogP contribution in [0.25, 0.3) is 0 Å². The van der Waals surface area contributed by atoms with E-state index in [9.17, 15) is 14.7 Å². The van der Waals surface area contributed by atoms with Crippen LogP contribution >= 0.6 is 0 Å². The SMILES string of the molecule is [2H]C1(O)CN(C(=O)OC(C)(C)C)[C@H](C(=O)OC(C)(C)C)C1([2H])[2H]. The van der Waals surface area contributed by atoms with Crippen molar-refractivity contribution in [1.82, 2.24) is 4.90 Å². The van der Waals surface area contributed by atoms with Crippen LogP contribution in [0.1, 0.15) is 52.0 Å². The molecule has 1 unspecified atom stereocenters. The molecule has 1 rings (SSSR count). The van der Waals surface area contributed by atoms with Crippen molar-refractivity contribution in [3.8, 4) is 0 Å². The summed E-state index contributed by atoms with van der Waals surface area (Å²) in [6, 6.07) is -1.76. The van der Waals surface area contributed by atoms with Crippen LogP contribution < -0.4 is 0 Å². The van der Waals surface area contributed by atoms with Gasteiger partial charge in [-0.25, -0.2) is 9.59 Å². The zero-order valence-electron chi connectivity index (χ0n) is 15.8. The predicted molar refractivity (Wildman–Crippen MR) is 73.2 cm³/mol. The third kappa shape index (κ3) is 5.00. The second kappa shape index (κ2) is 5.60. The van der Waals surface area contributed by atoms with Gasteiger partial charge in [-0.3, -0.25) is 4.90 Å². The predicted octanol–water partition coefficient (Wildman–Crippen LogP) is 1.70. The number of carbonyl (C=O) groups excluding carboxylic acids is 2. The second-order valence-electron chi connectivity index (χ2n) is 6.64. The third-order valence-corrected chi connectivity index (χ3v) is 2.19. The van der Waals surface area contributed by atoms with Gasteiger partial charge in [-0.1, -0.05) is 0 Å². The zero-order valence-corrected chi connectivity index (χ0v) is 12.8. The van der Waals surface area contributed by atoms with E-state index in [2.05, 4.69) is 0 Å². The lowest BCUT2D eigenvalue weighted by molar-refractivity contribution is -0.160. The normalized spacial score (nSPS) is 32.0. The number of nitrogens with zero attached hydrogens (tertiary/aromatic N) is 1. The summed E-state index contributed by atoms with van der Waals surface area (Å²) in [7, 11) is 0. The van der Waals surface area contributed by atoms with Crippen molar-refractivity contribution < 1.29 is 28.3 Å². The number of aliphatic hydroxyl groups is 1. The molecule has 1 heterocycles. The van der Waals surface area contributed by atoms with Gasteiger partial charge < -0.3 is 14.6 Å². The Hall–Kier alpha value is -1.30. The first-order chi connectivity index (χ1) is 9.98. The largest absolute Gasteiger partial charge is 0.458 e. The van der Waals surface area contributed by atoms with Crippen molar-refractivity contribution in [2.24, 2.45) is 0 Å². The van der Waals surface area contributed by atoms with Gasteiger partial charge in [0.1, 0.15) is 17.2 Å². The summed E-state index contributed by atoms with van der Waals surface area (Å²) in [6.07, 6.45) is -6.34.